The van der Waals surface area contributed by atoms with E-state index in [0.717, 1.165) is 28.6 Å². The second-order valence-corrected chi connectivity index (χ2v) is 4.49. The van der Waals surface area contributed by atoms with Crippen LogP contribution in [-0.4, -0.2) is 15.4 Å². The van der Waals surface area contributed by atoms with Gasteiger partial charge in [0.1, 0.15) is 0 Å². The van der Waals surface area contributed by atoms with Gasteiger partial charge in [0, 0.05) is 11.0 Å². The molecule has 2 aliphatic rings. The van der Waals surface area contributed by atoms with Gasteiger partial charge in [-0.05, 0) is 29.8 Å². The SMILES string of the molecule is C1=CCC2=CN=NN(c3nnnc4ccccc34)C2=C1. The van der Waals surface area contributed by atoms with Crippen molar-refractivity contribution in [1.29, 1.82) is 0 Å². The second-order valence-electron chi connectivity index (χ2n) is 4.49. The highest BCUT2D eigenvalue weighted by molar-refractivity contribution is 5.89. The van der Waals surface area contributed by atoms with E-state index in [2.05, 4.69) is 31.8 Å². The van der Waals surface area contributed by atoms with Gasteiger partial charge in [0.15, 0.2) is 5.82 Å². The smallest absolute Gasteiger partial charge is 0.189 e. The Balaban J connectivity index is 1.91. The predicted octanol–water partition coefficient (Wildman–Crippen LogP) is 2.94. The molecule has 1 aromatic heterocycles. The third kappa shape index (κ3) is 1.62. The van der Waals surface area contributed by atoms with Crippen LogP contribution in [0, 0.1) is 0 Å². The molecule has 6 nitrogen and oxygen atoms in total. The van der Waals surface area contributed by atoms with Gasteiger partial charge in [-0.25, -0.2) is 0 Å². The van der Waals surface area contributed by atoms with Gasteiger partial charge in [0.05, 0.1) is 17.4 Å². The van der Waals surface area contributed by atoms with Crippen LogP contribution in [0.1, 0.15) is 6.42 Å². The van der Waals surface area contributed by atoms with Crippen molar-refractivity contribution in [2.45, 2.75) is 6.42 Å². The minimum atomic E-state index is 0.645. The fourth-order valence-corrected chi connectivity index (χ4v) is 2.32. The van der Waals surface area contributed by atoms with E-state index in [1.54, 1.807) is 11.2 Å². The summed E-state index contributed by atoms with van der Waals surface area (Å²) in [7, 11) is 0. The molecule has 2 heterocycles. The number of aromatic nitrogens is 3. The fourth-order valence-electron chi connectivity index (χ4n) is 2.32. The molecule has 0 spiro atoms. The van der Waals surface area contributed by atoms with Crippen molar-refractivity contribution in [2.75, 3.05) is 5.01 Å². The lowest BCUT2D eigenvalue weighted by Crippen LogP contribution is -2.21. The maximum absolute atomic E-state index is 4.18. The summed E-state index contributed by atoms with van der Waals surface area (Å²) in [6.07, 6.45) is 8.73. The third-order valence-electron chi connectivity index (χ3n) is 3.28. The zero-order valence-corrected chi connectivity index (χ0v) is 10.5. The molecule has 0 fully saturated rings. The van der Waals surface area contributed by atoms with E-state index in [4.69, 9.17) is 0 Å². The standard InChI is InChI=1S/C14H10N6/c1-4-8-13-10(5-1)9-15-19-20(13)14-11-6-2-3-7-12(11)16-18-17-14/h1-4,6-9H,5H2. The molecule has 1 aromatic carbocycles. The van der Waals surface area contributed by atoms with Crippen LogP contribution in [0.15, 0.2) is 70.3 Å². The summed E-state index contributed by atoms with van der Waals surface area (Å²) in [4.78, 5) is 0. The zero-order chi connectivity index (χ0) is 13.4. The first-order chi connectivity index (χ1) is 9.93. The van der Waals surface area contributed by atoms with Gasteiger partial charge in [-0.15, -0.1) is 15.3 Å². The lowest BCUT2D eigenvalue weighted by Gasteiger charge is -2.25. The maximum atomic E-state index is 4.18. The van der Waals surface area contributed by atoms with Crippen molar-refractivity contribution in [1.82, 2.24) is 15.4 Å². The summed E-state index contributed by atoms with van der Waals surface area (Å²) >= 11 is 0. The quantitative estimate of drug-likeness (QED) is 0.792. The summed E-state index contributed by atoms with van der Waals surface area (Å²) in [5.41, 5.74) is 2.88. The topological polar surface area (TPSA) is 66.6 Å². The Kier molecular flexibility index (Phi) is 2.38. The lowest BCUT2D eigenvalue weighted by molar-refractivity contribution is 0.810. The van der Waals surface area contributed by atoms with Crippen molar-refractivity contribution in [3.05, 3.63) is 60.0 Å². The Morgan fingerprint density at radius 2 is 2.05 bits per heavy atom. The first kappa shape index (κ1) is 11.0. The number of benzene rings is 1. The van der Waals surface area contributed by atoms with Gasteiger partial charge < -0.3 is 0 Å². The molecule has 0 bridgehead atoms. The molecule has 1 aliphatic carbocycles. The van der Waals surface area contributed by atoms with Crippen LogP contribution in [0.2, 0.25) is 0 Å². The van der Waals surface area contributed by atoms with E-state index in [1.807, 2.05) is 36.4 Å². The van der Waals surface area contributed by atoms with Crippen LogP contribution in [0.4, 0.5) is 5.82 Å². The first-order valence-electron chi connectivity index (χ1n) is 6.29. The Bertz CT molecular complexity index is 797. The molecule has 20 heavy (non-hydrogen) atoms. The molecular formula is C14H10N6. The summed E-state index contributed by atoms with van der Waals surface area (Å²) in [6, 6.07) is 7.73. The van der Waals surface area contributed by atoms with E-state index in [-0.39, 0.29) is 0 Å². The minimum absolute atomic E-state index is 0.645. The molecule has 96 valence electrons. The van der Waals surface area contributed by atoms with Crippen LogP contribution >= 0.6 is 0 Å². The molecule has 0 N–H and O–H groups in total. The van der Waals surface area contributed by atoms with Crippen LogP contribution in [-0.2, 0) is 0 Å². The van der Waals surface area contributed by atoms with Crippen LogP contribution in [0.25, 0.3) is 10.9 Å². The van der Waals surface area contributed by atoms with E-state index in [9.17, 15) is 0 Å². The summed E-state index contributed by atoms with van der Waals surface area (Å²) < 4.78 is 0. The molecule has 2 aromatic rings. The van der Waals surface area contributed by atoms with Crippen LogP contribution in [0.3, 0.4) is 0 Å². The third-order valence-corrected chi connectivity index (χ3v) is 3.28. The van der Waals surface area contributed by atoms with Gasteiger partial charge in [-0.3, -0.25) is 0 Å². The van der Waals surface area contributed by atoms with E-state index >= 15 is 0 Å². The van der Waals surface area contributed by atoms with E-state index in [1.165, 1.54) is 0 Å². The average molecular weight is 262 g/mol. The summed E-state index contributed by atoms with van der Waals surface area (Å²) in [5.74, 6) is 0.645. The molecule has 0 atom stereocenters. The first-order valence-corrected chi connectivity index (χ1v) is 6.29. The van der Waals surface area contributed by atoms with Crippen molar-refractivity contribution in [3.8, 4) is 0 Å². The number of fused-ring (bicyclic) bond motifs is 2. The Morgan fingerprint density at radius 3 is 3.05 bits per heavy atom. The number of anilines is 1. The highest BCUT2D eigenvalue weighted by Gasteiger charge is 2.23. The number of hydrogen-bond donors (Lipinski definition) is 0. The molecule has 4 rings (SSSR count). The van der Waals surface area contributed by atoms with Gasteiger partial charge in [0.25, 0.3) is 0 Å². The van der Waals surface area contributed by atoms with Crippen LogP contribution < -0.4 is 5.01 Å². The molecule has 1 aliphatic heterocycles. The van der Waals surface area contributed by atoms with E-state index < -0.39 is 0 Å². The average Bonchev–Trinajstić information content (AvgIpc) is 2.54. The Morgan fingerprint density at radius 1 is 1.10 bits per heavy atom. The number of hydrogen-bond acceptors (Lipinski definition) is 6. The summed E-state index contributed by atoms with van der Waals surface area (Å²) in [6.45, 7) is 0. The van der Waals surface area contributed by atoms with Gasteiger partial charge in [-0.2, -0.15) is 5.01 Å². The molecular weight excluding hydrogens is 252 g/mol. The van der Waals surface area contributed by atoms with Gasteiger partial charge >= 0.3 is 0 Å². The number of rotatable bonds is 1. The minimum Gasteiger partial charge on any atom is -0.194 e. The highest BCUT2D eigenvalue weighted by Crippen LogP contribution is 2.33. The van der Waals surface area contributed by atoms with Crippen molar-refractivity contribution in [2.24, 2.45) is 10.3 Å². The fraction of sp³-hybridized carbons (Fsp3) is 0.0714. The van der Waals surface area contributed by atoms with Gasteiger partial charge in [-0.1, -0.05) is 29.5 Å². The molecule has 0 amide bonds. The number of allylic oxidation sites excluding steroid dienone is 4. The van der Waals surface area contributed by atoms with E-state index in [0.29, 0.717) is 5.82 Å². The monoisotopic (exact) mass is 262 g/mol. The zero-order valence-electron chi connectivity index (χ0n) is 10.5. The summed E-state index contributed by atoms with van der Waals surface area (Å²) in [5, 5.41) is 22.8. The Labute approximate surface area is 114 Å². The lowest BCUT2D eigenvalue weighted by atomic mass is 10.0. The van der Waals surface area contributed by atoms with Crippen LogP contribution in [0.5, 0.6) is 0 Å². The molecule has 0 unspecified atom stereocenters. The van der Waals surface area contributed by atoms with Crippen molar-refractivity contribution in [3.63, 3.8) is 0 Å². The normalized spacial score (nSPS) is 16.9. The Hall–Kier alpha value is -2.89. The molecule has 6 heteroatoms. The maximum Gasteiger partial charge on any atom is 0.189 e. The van der Waals surface area contributed by atoms with Gasteiger partial charge in [0.2, 0.25) is 0 Å². The molecule has 0 saturated heterocycles. The highest BCUT2D eigenvalue weighted by atomic mass is 15.6. The van der Waals surface area contributed by atoms with Crippen molar-refractivity contribution >= 4 is 16.7 Å². The molecule has 0 radical (unpaired) electrons. The number of nitrogens with zero attached hydrogens (tertiary/aromatic N) is 6. The predicted molar refractivity (Wildman–Crippen MR) is 74.6 cm³/mol. The second kappa shape index (κ2) is 4.34. The largest absolute Gasteiger partial charge is 0.194 e. The van der Waals surface area contributed by atoms with Crippen molar-refractivity contribution < 1.29 is 0 Å². The molecule has 0 saturated carbocycles.